The van der Waals surface area contributed by atoms with Crippen molar-refractivity contribution in [3.63, 3.8) is 0 Å². The Morgan fingerprint density at radius 3 is 3.31 bits per heavy atom. The van der Waals surface area contributed by atoms with E-state index in [1.165, 1.54) is 29.7 Å². The van der Waals surface area contributed by atoms with Crippen molar-refractivity contribution in [2.75, 3.05) is 6.54 Å². The van der Waals surface area contributed by atoms with Crippen LogP contribution in [0.2, 0.25) is 0 Å². The smallest absolute Gasteiger partial charge is 0.0664 e. The summed E-state index contributed by atoms with van der Waals surface area (Å²) in [6.07, 6.45) is 5.49. The van der Waals surface area contributed by atoms with Crippen LogP contribution in [0.5, 0.6) is 0 Å². The van der Waals surface area contributed by atoms with Gasteiger partial charge in [-0.05, 0) is 42.7 Å². The van der Waals surface area contributed by atoms with Crippen LogP contribution in [0.3, 0.4) is 0 Å². The molecule has 16 heavy (non-hydrogen) atoms. The zero-order chi connectivity index (χ0) is 11.4. The number of thiophene rings is 1. The number of aliphatic hydroxyl groups is 1. The third-order valence-corrected chi connectivity index (χ3v) is 4.27. The summed E-state index contributed by atoms with van der Waals surface area (Å²) in [5, 5.41) is 15.4. The lowest BCUT2D eigenvalue weighted by Gasteiger charge is -2.25. The highest BCUT2D eigenvalue weighted by Gasteiger charge is 2.21. The molecule has 0 bridgehead atoms. The Labute approximate surface area is 102 Å². The summed E-state index contributed by atoms with van der Waals surface area (Å²) < 4.78 is 0. The van der Waals surface area contributed by atoms with Gasteiger partial charge in [0.05, 0.1) is 6.10 Å². The van der Waals surface area contributed by atoms with Gasteiger partial charge < -0.3 is 10.4 Å². The van der Waals surface area contributed by atoms with E-state index in [4.69, 9.17) is 0 Å². The van der Waals surface area contributed by atoms with Crippen LogP contribution >= 0.6 is 11.3 Å². The molecule has 1 aromatic rings. The lowest BCUT2D eigenvalue weighted by atomic mass is 9.94. The third kappa shape index (κ3) is 2.84. The average molecular weight is 239 g/mol. The van der Waals surface area contributed by atoms with Crippen molar-refractivity contribution in [2.45, 2.75) is 51.2 Å². The molecule has 1 aliphatic carbocycles. The minimum Gasteiger partial charge on any atom is -0.392 e. The van der Waals surface area contributed by atoms with E-state index >= 15 is 0 Å². The second-order valence-electron chi connectivity index (χ2n) is 4.59. The zero-order valence-electron chi connectivity index (χ0n) is 9.91. The lowest BCUT2D eigenvalue weighted by molar-refractivity contribution is 0.155. The highest BCUT2D eigenvalue weighted by Crippen LogP contribution is 2.33. The number of aryl methyl sites for hydroxylation is 1. The van der Waals surface area contributed by atoms with E-state index in [9.17, 15) is 5.11 Å². The Morgan fingerprint density at radius 1 is 1.62 bits per heavy atom. The van der Waals surface area contributed by atoms with Crippen LogP contribution in [0.1, 0.15) is 49.1 Å². The topological polar surface area (TPSA) is 32.3 Å². The first-order chi connectivity index (χ1) is 7.81. The molecule has 0 fully saturated rings. The van der Waals surface area contributed by atoms with Crippen LogP contribution in [-0.2, 0) is 6.42 Å². The Bertz CT molecular complexity index is 323. The van der Waals surface area contributed by atoms with Crippen LogP contribution in [-0.4, -0.2) is 17.8 Å². The van der Waals surface area contributed by atoms with Gasteiger partial charge in [-0.3, -0.25) is 0 Å². The van der Waals surface area contributed by atoms with Gasteiger partial charge in [-0.15, -0.1) is 11.3 Å². The summed E-state index contributed by atoms with van der Waals surface area (Å²) in [5.41, 5.74) is 1.47. The minimum absolute atomic E-state index is 0.186. The second-order valence-corrected chi connectivity index (χ2v) is 5.60. The molecule has 2 N–H and O–H groups in total. The summed E-state index contributed by atoms with van der Waals surface area (Å²) in [6, 6.07) is 2.71. The van der Waals surface area contributed by atoms with Gasteiger partial charge in [-0.1, -0.05) is 13.3 Å². The number of aliphatic hydroxyl groups excluding tert-OH is 1. The highest BCUT2D eigenvalue weighted by molar-refractivity contribution is 7.10. The first-order valence-electron chi connectivity index (χ1n) is 6.29. The van der Waals surface area contributed by atoms with Crippen LogP contribution < -0.4 is 5.32 Å². The summed E-state index contributed by atoms with van der Waals surface area (Å²) in [6.45, 7) is 2.84. The van der Waals surface area contributed by atoms with Gasteiger partial charge in [-0.2, -0.15) is 0 Å². The molecule has 0 radical (unpaired) electrons. The molecule has 3 heteroatoms. The van der Waals surface area contributed by atoms with Crippen LogP contribution in [0, 0.1) is 0 Å². The fourth-order valence-electron chi connectivity index (χ4n) is 2.41. The molecule has 0 amide bonds. The molecule has 0 aliphatic heterocycles. The van der Waals surface area contributed by atoms with E-state index < -0.39 is 0 Å². The Balaban J connectivity index is 1.88. The van der Waals surface area contributed by atoms with Crippen molar-refractivity contribution in [3.8, 4) is 0 Å². The highest BCUT2D eigenvalue weighted by atomic mass is 32.1. The van der Waals surface area contributed by atoms with Crippen LogP contribution in [0.4, 0.5) is 0 Å². The van der Waals surface area contributed by atoms with Crippen molar-refractivity contribution in [2.24, 2.45) is 0 Å². The fourth-order valence-corrected chi connectivity index (χ4v) is 3.40. The number of hydrogen-bond acceptors (Lipinski definition) is 3. The lowest BCUT2D eigenvalue weighted by Crippen LogP contribution is -2.31. The van der Waals surface area contributed by atoms with E-state index in [-0.39, 0.29) is 6.10 Å². The first-order valence-corrected chi connectivity index (χ1v) is 7.17. The van der Waals surface area contributed by atoms with Crippen molar-refractivity contribution in [3.05, 3.63) is 21.9 Å². The predicted molar refractivity (Wildman–Crippen MR) is 68.9 cm³/mol. The summed E-state index contributed by atoms with van der Waals surface area (Å²) in [4.78, 5) is 1.54. The molecule has 90 valence electrons. The Morgan fingerprint density at radius 2 is 2.50 bits per heavy atom. The number of hydrogen-bond donors (Lipinski definition) is 2. The van der Waals surface area contributed by atoms with Gasteiger partial charge in [0.15, 0.2) is 0 Å². The van der Waals surface area contributed by atoms with Gasteiger partial charge in [0.25, 0.3) is 0 Å². The quantitative estimate of drug-likeness (QED) is 0.828. The average Bonchev–Trinajstić information content (AvgIpc) is 2.75. The largest absolute Gasteiger partial charge is 0.392 e. The van der Waals surface area contributed by atoms with Crippen molar-refractivity contribution in [1.82, 2.24) is 5.32 Å². The van der Waals surface area contributed by atoms with Gasteiger partial charge in [0.1, 0.15) is 0 Å². The first kappa shape index (κ1) is 12.1. The van der Waals surface area contributed by atoms with Crippen molar-refractivity contribution in [1.29, 1.82) is 0 Å². The van der Waals surface area contributed by atoms with E-state index in [1.807, 2.05) is 11.3 Å². The third-order valence-electron chi connectivity index (χ3n) is 3.27. The number of nitrogens with one attached hydrogen (secondary N) is 1. The molecule has 1 heterocycles. The molecule has 1 aromatic heterocycles. The molecule has 0 saturated carbocycles. The predicted octanol–water partition coefficient (Wildman–Crippen LogP) is 2.88. The molecule has 2 atom stereocenters. The van der Waals surface area contributed by atoms with Gasteiger partial charge in [0, 0.05) is 17.5 Å². The summed E-state index contributed by atoms with van der Waals surface area (Å²) >= 11 is 1.87. The number of fused-ring (bicyclic) bond motifs is 1. The van der Waals surface area contributed by atoms with E-state index in [0.717, 1.165) is 19.4 Å². The normalized spacial score (nSPS) is 21.8. The maximum atomic E-state index is 9.72. The maximum absolute atomic E-state index is 9.72. The zero-order valence-corrected chi connectivity index (χ0v) is 10.7. The molecule has 0 aromatic carbocycles. The van der Waals surface area contributed by atoms with Crippen molar-refractivity contribution < 1.29 is 5.11 Å². The minimum atomic E-state index is -0.186. The van der Waals surface area contributed by atoms with E-state index in [0.29, 0.717) is 6.04 Å². The summed E-state index contributed by atoms with van der Waals surface area (Å²) in [7, 11) is 0. The molecule has 2 rings (SSSR count). The van der Waals surface area contributed by atoms with Gasteiger partial charge in [-0.25, -0.2) is 0 Å². The Kier molecular flexibility index (Phi) is 4.38. The molecule has 1 aliphatic rings. The van der Waals surface area contributed by atoms with Crippen molar-refractivity contribution >= 4 is 11.3 Å². The second kappa shape index (κ2) is 5.80. The van der Waals surface area contributed by atoms with E-state index in [1.54, 1.807) is 0 Å². The standard InChI is InChI=1S/C13H21NOS/c1-2-4-10(15)9-14-12-5-3-6-13-11(12)7-8-16-13/h7-8,10,12,14-15H,2-6,9H2,1H3. The monoisotopic (exact) mass is 239 g/mol. The van der Waals surface area contributed by atoms with Crippen LogP contribution in [0.25, 0.3) is 0 Å². The molecular weight excluding hydrogens is 218 g/mol. The molecule has 2 unspecified atom stereocenters. The maximum Gasteiger partial charge on any atom is 0.0664 e. The van der Waals surface area contributed by atoms with Gasteiger partial charge in [0.2, 0.25) is 0 Å². The molecular formula is C13H21NOS. The van der Waals surface area contributed by atoms with E-state index in [2.05, 4.69) is 23.7 Å². The fraction of sp³-hybridized carbons (Fsp3) is 0.692. The molecule has 0 saturated heterocycles. The van der Waals surface area contributed by atoms with Gasteiger partial charge >= 0.3 is 0 Å². The summed E-state index contributed by atoms with van der Waals surface area (Å²) in [5.74, 6) is 0. The molecule has 0 spiro atoms. The Hall–Kier alpha value is -0.380. The number of rotatable bonds is 5. The SMILES string of the molecule is CCCC(O)CNC1CCCc2sccc21. The van der Waals surface area contributed by atoms with Crippen LogP contribution in [0.15, 0.2) is 11.4 Å². The molecule has 2 nitrogen and oxygen atoms in total.